The summed E-state index contributed by atoms with van der Waals surface area (Å²) in [7, 11) is 1.71. The fourth-order valence-corrected chi connectivity index (χ4v) is 1.60. The molecule has 0 aliphatic rings. The molecule has 4 N–H and O–H groups in total. The molecule has 0 bridgehead atoms. The van der Waals surface area contributed by atoms with Crippen LogP contribution in [0.15, 0.2) is 36.5 Å². The summed E-state index contributed by atoms with van der Waals surface area (Å²) >= 11 is 0. The normalized spacial score (nSPS) is 13.2. The topological polar surface area (TPSA) is 84.2 Å². The van der Waals surface area contributed by atoms with Crippen molar-refractivity contribution in [2.24, 2.45) is 5.73 Å². The largest absolute Gasteiger partial charge is 0.368 e. The fraction of sp³-hybridized carbons (Fsp3) is 0.467. The summed E-state index contributed by atoms with van der Waals surface area (Å²) < 4.78 is 0. The van der Waals surface area contributed by atoms with Gasteiger partial charge in [-0.2, -0.15) is 0 Å². The highest BCUT2D eigenvalue weighted by molar-refractivity contribution is 5.93. The van der Waals surface area contributed by atoms with Gasteiger partial charge in [-0.05, 0) is 33.2 Å². The lowest BCUT2D eigenvalue weighted by atomic mass is 10.1. The second-order valence-corrected chi connectivity index (χ2v) is 4.47. The van der Waals surface area contributed by atoms with Crippen LogP contribution in [0.4, 0.5) is 0 Å². The minimum atomic E-state index is -0.343. The van der Waals surface area contributed by atoms with Crippen LogP contribution in [0.1, 0.15) is 26.2 Å². The molecule has 0 aromatic rings. The number of likely N-dealkylation sites (N-methyl/N-ethyl adjacent to an activating group) is 1. The molecule has 0 aliphatic heterocycles. The average Bonchev–Trinajstić information content (AvgIpc) is 2.42. The van der Waals surface area contributed by atoms with E-state index in [0.29, 0.717) is 18.5 Å². The number of allylic oxidation sites excluding steroid dienone is 4. The third kappa shape index (κ3) is 8.26. The minimum absolute atomic E-state index is 0.0845. The molecule has 0 saturated carbocycles. The van der Waals surface area contributed by atoms with Crippen LogP contribution in [0.25, 0.3) is 0 Å². The zero-order chi connectivity index (χ0) is 15.4. The number of hydrogen-bond acceptors (Lipinski definition) is 3. The van der Waals surface area contributed by atoms with Gasteiger partial charge in [0.05, 0.1) is 6.04 Å². The molecule has 0 radical (unpaired) electrons. The molecule has 0 aromatic heterocycles. The van der Waals surface area contributed by atoms with Gasteiger partial charge in [0.25, 0.3) is 0 Å². The van der Waals surface area contributed by atoms with Crippen molar-refractivity contribution in [3.8, 4) is 0 Å². The van der Waals surface area contributed by atoms with Crippen molar-refractivity contribution in [3.05, 3.63) is 36.5 Å². The Hall–Kier alpha value is -1.88. The van der Waals surface area contributed by atoms with E-state index in [9.17, 15) is 9.59 Å². The number of rotatable bonds is 10. The van der Waals surface area contributed by atoms with Crippen molar-refractivity contribution in [2.75, 3.05) is 13.6 Å². The highest BCUT2D eigenvalue weighted by Gasteiger charge is 2.11. The number of nitrogens with one attached hydrogen (secondary N) is 2. The summed E-state index contributed by atoms with van der Waals surface area (Å²) in [5.74, 6) is -0.428. The minimum Gasteiger partial charge on any atom is -0.368 e. The van der Waals surface area contributed by atoms with Crippen molar-refractivity contribution in [2.45, 2.75) is 32.2 Å². The number of carbonyl (C=O) groups excluding carboxylic acids is 2. The van der Waals surface area contributed by atoms with E-state index in [0.717, 1.165) is 12.8 Å². The molecule has 0 saturated heterocycles. The van der Waals surface area contributed by atoms with Crippen molar-refractivity contribution in [1.82, 2.24) is 10.6 Å². The Morgan fingerprint density at radius 1 is 1.30 bits per heavy atom. The number of nitrogens with two attached hydrogens (primary N) is 1. The van der Waals surface area contributed by atoms with Crippen LogP contribution in [-0.2, 0) is 9.59 Å². The van der Waals surface area contributed by atoms with Gasteiger partial charge in [0, 0.05) is 12.1 Å². The summed E-state index contributed by atoms with van der Waals surface area (Å²) in [5.41, 5.74) is 5.86. The molecular weight excluding hydrogens is 254 g/mol. The van der Waals surface area contributed by atoms with Crippen molar-refractivity contribution < 1.29 is 9.59 Å². The molecule has 0 fully saturated rings. The standard InChI is InChI=1S/C15H25N3O2/c1-4-5-6-9-12(2)15(20)18-11-8-7-10-13(17-3)14(16)19/h4-6,9,13,17H,1,7-8,10-11H2,2-3H3,(H2,16,19)(H,18,20)/b6-5-,12-9+. The lowest BCUT2D eigenvalue weighted by Gasteiger charge is -2.11. The number of primary amides is 1. The summed E-state index contributed by atoms with van der Waals surface area (Å²) in [5, 5.41) is 5.69. The Labute approximate surface area is 121 Å². The van der Waals surface area contributed by atoms with E-state index in [-0.39, 0.29) is 17.9 Å². The van der Waals surface area contributed by atoms with E-state index >= 15 is 0 Å². The second kappa shape index (κ2) is 11.0. The Morgan fingerprint density at radius 3 is 2.55 bits per heavy atom. The molecule has 5 heteroatoms. The van der Waals surface area contributed by atoms with Gasteiger partial charge >= 0.3 is 0 Å². The van der Waals surface area contributed by atoms with E-state index in [1.54, 1.807) is 38.3 Å². The molecule has 0 aliphatic carbocycles. The molecular formula is C15H25N3O2. The van der Waals surface area contributed by atoms with Gasteiger partial charge in [0.15, 0.2) is 0 Å². The first-order chi connectivity index (χ1) is 9.52. The zero-order valence-corrected chi connectivity index (χ0v) is 12.3. The summed E-state index contributed by atoms with van der Waals surface area (Å²) in [6.45, 7) is 5.90. The van der Waals surface area contributed by atoms with E-state index in [1.165, 1.54) is 0 Å². The Balaban J connectivity index is 3.87. The number of hydrogen-bond donors (Lipinski definition) is 3. The zero-order valence-electron chi connectivity index (χ0n) is 12.3. The monoisotopic (exact) mass is 279 g/mol. The quantitative estimate of drug-likeness (QED) is 0.317. The van der Waals surface area contributed by atoms with Crippen LogP contribution in [0, 0.1) is 0 Å². The van der Waals surface area contributed by atoms with Crippen LogP contribution in [0.2, 0.25) is 0 Å². The smallest absolute Gasteiger partial charge is 0.246 e. The van der Waals surface area contributed by atoms with Crippen molar-refractivity contribution in [3.63, 3.8) is 0 Å². The van der Waals surface area contributed by atoms with Crippen LogP contribution in [-0.4, -0.2) is 31.4 Å². The molecule has 0 aromatic carbocycles. The lowest BCUT2D eigenvalue weighted by molar-refractivity contribution is -0.120. The number of unbranched alkanes of at least 4 members (excludes halogenated alkanes) is 1. The van der Waals surface area contributed by atoms with Gasteiger partial charge in [-0.15, -0.1) is 0 Å². The summed E-state index contributed by atoms with van der Waals surface area (Å²) in [6.07, 6.45) is 9.24. The first kappa shape index (κ1) is 18.1. The highest BCUT2D eigenvalue weighted by Crippen LogP contribution is 2.00. The van der Waals surface area contributed by atoms with E-state index < -0.39 is 0 Å². The molecule has 1 atom stereocenters. The third-order valence-corrected chi connectivity index (χ3v) is 2.85. The Morgan fingerprint density at radius 2 is 2.00 bits per heavy atom. The molecule has 0 spiro atoms. The molecule has 20 heavy (non-hydrogen) atoms. The maximum atomic E-state index is 11.7. The van der Waals surface area contributed by atoms with Crippen molar-refractivity contribution >= 4 is 11.8 Å². The summed E-state index contributed by atoms with van der Waals surface area (Å²) in [6, 6.07) is -0.295. The molecule has 1 unspecified atom stereocenters. The van der Waals surface area contributed by atoms with Crippen LogP contribution in [0.5, 0.6) is 0 Å². The van der Waals surface area contributed by atoms with Gasteiger partial charge in [0.2, 0.25) is 11.8 Å². The first-order valence-corrected chi connectivity index (χ1v) is 6.73. The molecule has 112 valence electrons. The molecule has 5 nitrogen and oxygen atoms in total. The average molecular weight is 279 g/mol. The van der Waals surface area contributed by atoms with Crippen molar-refractivity contribution in [1.29, 1.82) is 0 Å². The Kier molecular flexibility index (Phi) is 9.96. The van der Waals surface area contributed by atoms with E-state index in [1.807, 2.05) is 0 Å². The van der Waals surface area contributed by atoms with Gasteiger partial charge in [-0.3, -0.25) is 9.59 Å². The van der Waals surface area contributed by atoms with Gasteiger partial charge < -0.3 is 16.4 Å². The highest BCUT2D eigenvalue weighted by atomic mass is 16.2. The van der Waals surface area contributed by atoms with Gasteiger partial charge in [-0.25, -0.2) is 0 Å². The van der Waals surface area contributed by atoms with Crippen LogP contribution in [0.3, 0.4) is 0 Å². The number of amides is 2. The van der Waals surface area contributed by atoms with E-state index in [4.69, 9.17) is 5.73 Å². The first-order valence-electron chi connectivity index (χ1n) is 6.73. The Bertz CT molecular complexity index is 387. The summed E-state index contributed by atoms with van der Waals surface area (Å²) in [4.78, 5) is 22.7. The molecule has 0 heterocycles. The van der Waals surface area contributed by atoms with Gasteiger partial charge in [0.1, 0.15) is 0 Å². The lowest BCUT2D eigenvalue weighted by Crippen LogP contribution is -2.39. The molecule has 2 amide bonds. The van der Waals surface area contributed by atoms with Crippen LogP contribution >= 0.6 is 0 Å². The number of carbonyl (C=O) groups is 2. The predicted octanol–water partition coefficient (Wildman–Crippen LogP) is 1.03. The fourth-order valence-electron chi connectivity index (χ4n) is 1.60. The third-order valence-electron chi connectivity index (χ3n) is 2.85. The predicted molar refractivity (Wildman–Crippen MR) is 82.0 cm³/mol. The molecule has 0 rings (SSSR count). The maximum Gasteiger partial charge on any atom is 0.246 e. The SMILES string of the molecule is C=C/C=C\C=C(/C)C(=O)NCCCCC(NC)C(N)=O. The maximum absolute atomic E-state index is 11.7. The second-order valence-electron chi connectivity index (χ2n) is 4.47. The van der Waals surface area contributed by atoms with E-state index in [2.05, 4.69) is 17.2 Å². The van der Waals surface area contributed by atoms with Crippen LogP contribution < -0.4 is 16.4 Å². The van der Waals surface area contributed by atoms with Gasteiger partial charge in [-0.1, -0.05) is 30.9 Å².